The summed E-state index contributed by atoms with van der Waals surface area (Å²) in [5, 5.41) is 2.99. The summed E-state index contributed by atoms with van der Waals surface area (Å²) in [4.78, 5) is 26.1. The Kier molecular flexibility index (Phi) is 6.02. The number of nitrogens with zero attached hydrogens (tertiary/aromatic N) is 1. The molecular formula is C18H26N2O3. The first-order valence-electron chi connectivity index (χ1n) is 8.34. The Bertz CT molecular complexity index is 532. The maximum Gasteiger partial charge on any atom is 0.243 e. The normalized spacial score (nSPS) is 18.4. The summed E-state index contributed by atoms with van der Waals surface area (Å²) in [5.41, 5.74) is 0. The number of rotatable bonds is 7. The molecule has 1 heterocycles. The quantitative estimate of drug-likeness (QED) is 0.839. The maximum absolute atomic E-state index is 12.5. The number of carbonyl (C=O) groups excluding carboxylic acids is 2. The first kappa shape index (κ1) is 17.3. The van der Waals surface area contributed by atoms with Crippen molar-refractivity contribution in [1.29, 1.82) is 0 Å². The van der Waals surface area contributed by atoms with E-state index >= 15 is 0 Å². The van der Waals surface area contributed by atoms with Gasteiger partial charge in [-0.05, 0) is 38.8 Å². The van der Waals surface area contributed by atoms with E-state index in [2.05, 4.69) is 5.32 Å². The molecule has 5 nitrogen and oxygen atoms in total. The van der Waals surface area contributed by atoms with Gasteiger partial charge in [0.1, 0.15) is 17.9 Å². The van der Waals surface area contributed by atoms with Gasteiger partial charge in [-0.3, -0.25) is 9.59 Å². The molecule has 1 N–H and O–H groups in total. The summed E-state index contributed by atoms with van der Waals surface area (Å²) < 4.78 is 5.84. The van der Waals surface area contributed by atoms with Crippen molar-refractivity contribution in [2.45, 2.75) is 58.2 Å². The van der Waals surface area contributed by atoms with Crippen molar-refractivity contribution in [2.24, 2.45) is 0 Å². The molecule has 1 saturated heterocycles. The molecule has 0 aliphatic carbocycles. The van der Waals surface area contributed by atoms with Crippen molar-refractivity contribution in [2.75, 3.05) is 6.54 Å². The lowest BCUT2D eigenvalue weighted by atomic mass is 10.1. The molecule has 5 heteroatoms. The lowest BCUT2D eigenvalue weighted by Crippen LogP contribution is -2.52. The van der Waals surface area contributed by atoms with Crippen LogP contribution in [0.2, 0.25) is 0 Å². The van der Waals surface area contributed by atoms with Crippen molar-refractivity contribution in [3.05, 3.63) is 30.3 Å². The lowest BCUT2D eigenvalue weighted by molar-refractivity contribution is -0.138. The van der Waals surface area contributed by atoms with Crippen LogP contribution >= 0.6 is 0 Å². The highest BCUT2D eigenvalue weighted by atomic mass is 16.5. The minimum Gasteiger partial charge on any atom is -0.489 e. The molecule has 1 aromatic carbocycles. The van der Waals surface area contributed by atoms with Gasteiger partial charge in [-0.1, -0.05) is 25.1 Å². The van der Waals surface area contributed by atoms with Crippen LogP contribution in [-0.4, -0.2) is 41.4 Å². The van der Waals surface area contributed by atoms with E-state index in [-0.39, 0.29) is 30.0 Å². The highest BCUT2D eigenvalue weighted by Gasteiger charge is 2.32. The number of hydrogen-bond acceptors (Lipinski definition) is 3. The Morgan fingerprint density at radius 2 is 2.00 bits per heavy atom. The topological polar surface area (TPSA) is 58.6 Å². The first-order valence-corrected chi connectivity index (χ1v) is 8.34. The van der Waals surface area contributed by atoms with Crippen molar-refractivity contribution < 1.29 is 14.3 Å². The Hall–Kier alpha value is -2.04. The molecule has 2 amide bonds. The summed E-state index contributed by atoms with van der Waals surface area (Å²) in [7, 11) is 0. The molecule has 23 heavy (non-hydrogen) atoms. The van der Waals surface area contributed by atoms with Crippen LogP contribution in [0.4, 0.5) is 0 Å². The minimum atomic E-state index is -0.378. The van der Waals surface area contributed by atoms with E-state index in [0.717, 1.165) is 12.2 Å². The van der Waals surface area contributed by atoms with Gasteiger partial charge in [-0.15, -0.1) is 0 Å². The monoisotopic (exact) mass is 318 g/mol. The highest BCUT2D eigenvalue weighted by molar-refractivity contribution is 5.88. The second kappa shape index (κ2) is 7.99. The Morgan fingerprint density at radius 1 is 1.30 bits per heavy atom. The van der Waals surface area contributed by atoms with E-state index in [1.165, 1.54) is 0 Å². The summed E-state index contributed by atoms with van der Waals surface area (Å²) in [6.07, 6.45) is 1.85. The molecule has 1 fully saturated rings. The zero-order valence-corrected chi connectivity index (χ0v) is 14.1. The fourth-order valence-electron chi connectivity index (χ4n) is 2.80. The molecule has 1 aromatic rings. The second-order valence-electron chi connectivity index (χ2n) is 6.05. The molecule has 126 valence electrons. The molecule has 0 spiro atoms. The van der Waals surface area contributed by atoms with Gasteiger partial charge >= 0.3 is 0 Å². The molecule has 0 aromatic heterocycles. The van der Waals surface area contributed by atoms with Crippen molar-refractivity contribution >= 4 is 11.8 Å². The molecule has 0 unspecified atom stereocenters. The van der Waals surface area contributed by atoms with Crippen LogP contribution in [-0.2, 0) is 9.59 Å². The van der Waals surface area contributed by atoms with Gasteiger partial charge in [-0.25, -0.2) is 0 Å². The molecule has 1 aliphatic rings. The molecule has 0 bridgehead atoms. The third-order valence-electron chi connectivity index (χ3n) is 4.31. The average molecular weight is 318 g/mol. The molecule has 0 saturated carbocycles. The van der Waals surface area contributed by atoms with E-state index < -0.39 is 0 Å². The second-order valence-corrected chi connectivity index (χ2v) is 6.05. The largest absolute Gasteiger partial charge is 0.489 e. The Morgan fingerprint density at radius 3 is 2.57 bits per heavy atom. The van der Waals surface area contributed by atoms with Crippen LogP contribution in [0.5, 0.6) is 5.75 Å². The van der Waals surface area contributed by atoms with Crippen molar-refractivity contribution in [3.8, 4) is 5.75 Å². The van der Waals surface area contributed by atoms with Gasteiger partial charge in [0.2, 0.25) is 11.8 Å². The van der Waals surface area contributed by atoms with Crippen LogP contribution < -0.4 is 10.1 Å². The van der Waals surface area contributed by atoms with E-state index in [0.29, 0.717) is 19.4 Å². The smallest absolute Gasteiger partial charge is 0.243 e. The van der Waals surface area contributed by atoms with Gasteiger partial charge in [0.05, 0.1) is 6.04 Å². The van der Waals surface area contributed by atoms with Crippen LogP contribution in [0, 0.1) is 0 Å². The number of ether oxygens (including phenoxy) is 1. The van der Waals surface area contributed by atoms with Crippen LogP contribution in [0.1, 0.15) is 40.0 Å². The third kappa shape index (κ3) is 4.47. The molecule has 0 radical (unpaired) electrons. The SMILES string of the molecule is CC[C@H](C(=O)N[C@@H](C)[C@H](C)Oc1ccccc1)N1CCCC1=O. The number of benzene rings is 1. The Balaban J connectivity index is 1.91. The van der Waals surface area contributed by atoms with Gasteiger partial charge in [0.25, 0.3) is 0 Å². The molecule has 1 aliphatic heterocycles. The minimum absolute atomic E-state index is 0.0771. The summed E-state index contributed by atoms with van der Waals surface area (Å²) in [6.45, 7) is 6.46. The number of hydrogen-bond donors (Lipinski definition) is 1. The lowest BCUT2D eigenvalue weighted by Gasteiger charge is -2.29. The molecular weight excluding hydrogens is 292 g/mol. The summed E-state index contributed by atoms with van der Waals surface area (Å²) >= 11 is 0. The van der Waals surface area contributed by atoms with E-state index in [4.69, 9.17) is 4.74 Å². The van der Waals surface area contributed by atoms with Crippen molar-refractivity contribution in [3.63, 3.8) is 0 Å². The fraction of sp³-hybridized carbons (Fsp3) is 0.556. The highest BCUT2D eigenvalue weighted by Crippen LogP contribution is 2.17. The van der Waals surface area contributed by atoms with Crippen LogP contribution in [0.15, 0.2) is 30.3 Å². The zero-order valence-electron chi connectivity index (χ0n) is 14.1. The average Bonchev–Trinajstić information content (AvgIpc) is 2.95. The fourth-order valence-corrected chi connectivity index (χ4v) is 2.80. The maximum atomic E-state index is 12.5. The van der Waals surface area contributed by atoms with Gasteiger partial charge in [0.15, 0.2) is 0 Å². The van der Waals surface area contributed by atoms with Crippen molar-refractivity contribution in [1.82, 2.24) is 10.2 Å². The number of likely N-dealkylation sites (tertiary alicyclic amines) is 1. The standard InChI is InChI=1S/C18H26N2O3/c1-4-16(20-12-8-11-17(20)21)18(22)19-13(2)14(3)23-15-9-6-5-7-10-15/h5-7,9-10,13-14,16H,4,8,11-12H2,1-3H3,(H,19,22)/t13-,14-,16+/m0/s1. The number of carbonyl (C=O) groups is 2. The summed E-state index contributed by atoms with van der Waals surface area (Å²) in [5.74, 6) is 0.759. The third-order valence-corrected chi connectivity index (χ3v) is 4.31. The number of amides is 2. The number of nitrogens with one attached hydrogen (secondary N) is 1. The summed E-state index contributed by atoms with van der Waals surface area (Å²) in [6, 6.07) is 9.02. The van der Waals surface area contributed by atoms with E-state index in [1.807, 2.05) is 51.1 Å². The molecule has 3 atom stereocenters. The van der Waals surface area contributed by atoms with E-state index in [1.54, 1.807) is 4.90 Å². The van der Waals surface area contributed by atoms with E-state index in [9.17, 15) is 9.59 Å². The van der Waals surface area contributed by atoms with Crippen LogP contribution in [0.25, 0.3) is 0 Å². The predicted octanol–water partition coefficient (Wildman–Crippen LogP) is 2.36. The van der Waals surface area contributed by atoms with Gasteiger partial charge in [0, 0.05) is 13.0 Å². The zero-order chi connectivity index (χ0) is 16.8. The van der Waals surface area contributed by atoms with Gasteiger partial charge in [-0.2, -0.15) is 0 Å². The number of para-hydroxylation sites is 1. The molecule has 2 rings (SSSR count). The predicted molar refractivity (Wildman–Crippen MR) is 89.2 cm³/mol. The van der Waals surface area contributed by atoms with Crippen LogP contribution in [0.3, 0.4) is 0 Å². The Labute approximate surface area is 138 Å². The first-order chi connectivity index (χ1) is 11.0. The van der Waals surface area contributed by atoms with Gasteiger partial charge < -0.3 is 15.0 Å².